The van der Waals surface area contributed by atoms with Crippen LogP contribution in [0.4, 0.5) is 23.2 Å². The number of aromatic hydroxyl groups is 1. The number of phenolic OH excluding ortho intramolecular Hbond substituents is 1. The van der Waals surface area contributed by atoms with Gasteiger partial charge in [0.05, 0.1) is 17.1 Å². The normalized spacial score (nSPS) is 22.0. The standard InChI is InChI=1S/C24H21F4N3O2/c1-12-7-8-14-16(30-12)5-4-6-17(14)31-21-15-9-13(10-29)19(25)20(32)18(15)22(2,3)11-23(21,33)24(26,27)28/h4-9,21,31-33H,11H2,1-3H3. The number of hydrogen-bond acceptors (Lipinski definition) is 5. The van der Waals surface area contributed by atoms with Crippen molar-refractivity contribution in [2.24, 2.45) is 0 Å². The van der Waals surface area contributed by atoms with Gasteiger partial charge in [-0.15, -0.1) is 0 Å². The highest BCUT2D eigenvalue weighted by Crippen LogP contribution is 2.57. The molecule has 0 spiro atoms. The summed E-state index contributed by atoms with van der Waals surface area (Å²) in [6, 6.07) is 8.97. The van der Waals surface area contributed by atoms with Crippen LogP contribution in [0, 0.1) is 24.1 Å². The highest BCUT2D eigenvalue weighted by molar-refractivity contribution is 5.91. The van der Waals surface area contributed by atoms with Crippen LogP contribution in [-0.4, -0.2) is 27.0 Å². The van der Waals surface area contributed by atoms with E-state index in [0.29, 0.717) is 10.9 Å². The van der Waals surface area contributed by atoms with E-state index in [-0.39, 0.29) is 16.8 Å². The highest BCUT2D eigenvalue weighted by atomic mass is 19.4. The van der Waals surface area contributed by atoms with E-state index in [1.165, 1.54) is 13.8 Å². The van der Waals surface area contributed by atoms with Crippen LogP contribution < -0.4 is 5.32 Å². The van der Waals surface area contributed by atoms with E-state index in [9.17, 15) is 33.0 Å². The van der Waals surface area contributed by atoms with E-state index >= 15 is 0 Å². The number of hydrogen-bond donors (Lipinski definition) is 3. The number of benzene rings is 2. The lowest BCUT2D eigenvalue weighted by atomic mass is 9.63. The first-order valence-electron chi connectivity index (χ1n) is 10.2. The topological polar surface area (TPSA) is 89.2 Å². The number of phenols is 1. The molecule has 3 N–H and O–H groups in total. The van der Waals surface area contributed by atoms with Gasteiger partial charge in [0.25, 0.3) is 0 Å². The fourth-order valence-electron chi connectivity index (χ4n) is 4.81. The van der Waals surface area contributed by atoms with Crippen molar-refractivity contribution in [3.05, 3.63) is 64.6 Å². The number of aromatic nitrogens is 1. The van der Waals surface area contributed by atoms with Gasteiger partial charge in [0, 0.05) is 22.3 Å². The molecule has 0 fully saturated rings. The summed E-state index contributed by atoms with van der Waals surface area (Å²) < 4.78 is 57.6. The summed E-state index contributed by atoms with van der Waals surface area (Å²) in [5, 5.41) is 34.2. The number of halogens is 4. The van der Waals surface area contributed by atoms with Crippen molar-refractivity contribution in [3.8, 4) is 11.8 Å². The average Bonchev–Trinajstić information content (AvgIpc) is 2.71. The van der Waals surface area contributed by atoms with Crippen molar-refractivity contribution in [1.29, 1.82) is 5.26 Å². The number of alkyl halides is 3. The molecule has 0 saturated heterocycles. The molecule has 5 nitrogen and oxygen atoms in total. The molecule has 0 amide bonds. The largest absolute Gasteiger partial charge is 0.505 e. The van der Waals surface area contributed by atoms with Gasteiger partial charge in [-0.3, -0.25) is 4.98 Å². The summed E-state index contributed by atoms with van der Waals surface area (Å²) in [5.74, 6) is -2.09. The van der Waals surface area contributed by atoms with Crippen molar-refractivity contribution >= 4 is 16.6 Å². The van der Waals surface area contributed by atoms with Crippen LogP contribution in [0.3, 0.4) is 0 Å². The zero-order valence-corrected chi connectivity index (χ0v) is 18.0. The van der Waals surface area contributed by atoms with Crippen molar-refractivity contribution in [2.75, 3.05) is 5.32 Å². The molecule has 1 aliphatic carbocycles. The molecule has 2 aromatic carbocycles. The first-order valence-corrected chi connectivity index (χ1v) is 10.2. The summed E-state index contributed by atoms with van der Waals surface area (Å²) >= 11 is 0. The summed E-state index contributed by atoms with van der Waals surface area (Å²) in [7, 11) is 0. The van der Waals surface area contributed by atoms with Crippen molar-refractivity contribution in [1.82, 2.24) is 4.98 Å². The predicted octanol–water partition coefficient (Wildman–Crippen LogP) is 5.39. The number of pyridine rings is 1. The SMILES string of the molecule is Cc1ccc2c(NC3c4cc(C#N)c(F)c(O)c4C(C)(C)CC3(O)C(F)(F)F)cccc2n1. The summed E-state index contributed by atoms with van der Waals surface area (Å²) in [4.78, 5) is 4.38. The van der Waals surface area contributed by atoms with Gasteiger partial charge in [-0.2, -0.15) is 18.4 Å². The van der Waals surface area contributed by atoms with E-state index in [1.807, 2.05) is 0 Å². The van der Waals surface area contributed by atoms with Crippen LogP contribution in [0.25, 0.3) is 10.9 Å². The number of anilines is 1. The smallest absolute Gasteiger partial charge is 0.419 e. The fraction of sp³-hybridized carbons (Fsp3) is 0.333. The highest BCUT2D eigenvalue weighted by Gasteiger charge is 2.64. The van der Waals surface area contributed by atoms with Crippen LogP contribution in [-0.2, 0) is 5.41 Å². The van der Waals surface area contributed by atoms with Crippen LogP contribution in [0.15, 0.2) is 36.4 Å². The van der Waals surface area contributed by atoms with Gasteiger partial charge in [0.1, 0.15) is 6.07 Å². The molecule has 172 valence electrons. The maximum Gasteiger partial charge on any atom is 0.419 e. The number of nitrogens with one attached hydrogen (secondary N) is 1. The van der Waals surface area contributed by atoms with Crippen molar-refractivity contribution in [2.45, 2.75) is 50.4 Å². The maximum absolute atomic E-state index is 14.6. The third-order valence-corrected chi connectivity index (χ3v) is 6.23. The van der Waals surface area contributed by atoms with E-state index in [0.717, 1.165) is 11.8 Å². The Morgan fingerprint density at radius 3 is 2.55 bits per heavy atom. The number of aliphatic hydroxyl groups is 1. The van der Waals surface area contributed by atoms with Gasteiger partial charge in [-0.05, 0) is 54.7 Å². The molecule has 2 atom stereocenters. The quantitative estimate of drug-likeness (QED) is 0.448. The molecule has 4 rings (SSSR count). The second-order valence-electron chi connectivity index (χ2n) is 9.05. The lowest BCUT2D eigenvalue weighted by Crippen LogP contribution is -2.58. The summed E-state index contributed by atoms with van der Waals surface area (Å²) in [6.45, 7) is 4.55. The van der Waals surface area contributed by atoms with Crippen molar-refractivity contribution < 1.29 is 27.8 Å². The second-order valence-corrected chi connectivity index (χ2v) is 9.05. The van der Waals surface area contributed by atoms with Crippen LogP contribution >= 0.6 is 0 Å². The van der Waals surface area contributed by atoms with Gasteiger partial charge in [0.2, 0.25) is 0 Å². The molecular formula is C24H21F4N3O2. The summed E-state index contributed by atoms with van der Waals surface area (Å²) in [5.41, 5.74) is -4.11. The van der Waals surface area contributed by atoms with Gasteiger partial charge >= 0.3 is 6.18 Å². The predicted molar refractivity (Wildman–Crippen MR) is 114 cm³/mol. The number of nitrogens with zero attached hydrogens (tertiary/aromatic N) is 2. The third kappa shape index (κ3) is 3.45. The minimum atomic E-state index is -5.07. The average molecular weight is 459 g/mol. The van der Waals surface area contributed by atoms with Gasteiger partial charge in [-0.25, -0.2) is 4.39 Å². The molecule has 3 aromatic rings. The molecule has 2 unspecified atom stereocenters. The van der Waals surface area contributed by atoms with E-state index in [2.05, 4.69) is 10.3 Å². The van der Waals surface area contributed by atoms with E-state index < -0.39 is 46.8 Å². The molecule has 9 heteroatoms. The lowest BCUT2D eigenvalue weighted by Gasteiger charge is -2.49. The molecule has 33 heavy (non-hydrogen) atoms. The van der Waals surface area contributed by atoms with E-state index in [4.69, 9.17) is 0 Å². The Morgan fingerprint density at radius 1 is 1.21 bits per heavy atom. The van der Waals surface area contributed by atoms with Crippen molar-refractivity contribution in [3.63, 3.8) is 0 Å². The molecule has 1 aromatic heterocycles. The first kappa shape index (κ1) is 22.8. The number of fused-ring (bicyclic) bond motifs is 2. The van der Waals surface area contributed by atoms with Gasteiger partial charge in [-0.1, -0.05) is 19.9 Å². The van der Waals surface area contributed by atoms with Crippen LogP contribution in [0.5, 0.6) is 5.75 Å². The monoisotopic (exact) mass is 459 g/mol. The van der Waals surface area contributed by atoms with Crippen LogP contribution in [0.2, 0.25) is 0 Å². The van der Waals surface area contributed by atoms with E-state index in [1.54, 1.807) is 43.3 Å². The minimum absolute atomic E-state index is 0.0837. The van der Waals surface area contributed by atoms with Crippen LogP contribution in [0.1, 0.15) is 48.7 Å². The zero-order chi connectivity index (χ0) is 24.3. The number of nitriles is 1. The molecule has 0 radical (unpaired) electrons. The molecule has 0 saturated carbocycles. The Hall–Kier alpha value is -3.38. The molecule has 1 heterocycles. The summed E-state index contributed by atoms with van der Waals surface area (Å²) in [6.07, 6.45) is -5.91. The number of rotatable bonds is 2. The van der Waals surface area contributed by atoms with Gasteiger partial charge in [0.15, 0.2) is 17.2 Å². The second kappa shape index (κ2) is 7.32. The lowest BCUT2D eigenvalue weighted by molar-refractivity contribution is -0.276. The third-order valence-electron chi connectivity index (χ3n) is 6.23. The molecule has 0 aliphatic heterocycles. The Bertz CT molecular complexity index is 1310. The Balaban J connectivity index is 2.01. The minimum Gasteiger partial charge on any atom is -0.505 e. The maximum atomic E-state index is 14.6. The Labute approximate surface area is 187 Å². The fourth-order valence-corrected chi connectivity index (χ4v) is 4.81. The first-order chi connectivity index (χ1) is 15.3. The molecule has 0 bridgehead atoms. The Kier molecular flexibility index (Phi) is 5.06. The molecular weight excluding hydrogens is 438 g/mol. The Morgan fingerprint density at radius 2 is 1.91 bits per heavy atom. The number of aryl methyl sites for hydroxylation is 1. The van der Waals surface area contributed by atoms with Gasteiger partial charge < -0.3 is 15.5 Å². The molecule has 1 aliphatic rings. The zero-order valence-electron chi connectivity index (χ0n) is 18.0.